The molecule has 0 saturated carbocycles. The molecule has 0 aliphatic rings. The van der Waals surface area contributed by atoms with Crippen LogP contribution in [0, 0.1) is 30.0 Å². The molecule has 282 valence electrons. The van der Waals surface area contributed by atoms with Crippen molar-refractivity contribution in [3.8, 4) is 28.6 Å². The molecule has 0 unspecified atom stereocenters. The van der Waals surface area contributed by atoms with Crippen molar-refractivity contribution in [3.05, 3.63) is 125 Å². The fourth-order valence-electron chi connectivity index (χ4n) is 5.14. The average Bonchev–Trinajstić information content (AvgIpc) is 3.56. The fourth-order valence-corrected chi connectivity index (χ4v) is 5.14. The van der Waals surface area contributed by atoms with Gasteiger partial charge in [0.2, 0.25) is 5.69 Å². The molecule has 0 amide bonds. The van der Waals surface area contributed by atoms with Crippen LogP contribution in [0.4, 0.5) is 5.69 Å². The Labute approximate surface area is 345 Å². The van der Waals surface area contributed by atoms with E-state index in [4.69, 9.17) is 31.2 Å². The van der Waals surface area contributed by atoms with E-state index in [0.29, 0.717) is 67.1 Å². The van der Waals surface area contributed by atoms with Crippen LogP contribution in [-0.2, 0) is 51.7 Å². The largest absolute Gasteiger partial charge is 0.545 e. The molecule has 13 heteroatoms. The number of nitriles is 1. The number of rotatable bonds is 4. The number of ketones is 2. The van der Waals surface area contributed by atoms with Gasteiger partial charge in [0.1, 0.15) is 6.07 Å². The Morgan fingerprint density at radius 1 is 0.691 bits per heavy atom. The normalized spacial score (nSPS) is 11.3. The zero-order chi connectivity index (χ0) is 38.4. The van der Waals surface area contributed by atoms with E-state index in [1.807, 2.05) is 48.5 Å². The van der Waals surface area contributed by atoms with Crippen molar-refractivity contribution < 1.29 is 66.3 Å². The number of carbonyl (C=O) groups is 2. The van der Waals surface area contributed by atoms with Crippen LogP contribution in [0.5, 0.6) is 0 Å². The SMILES string of the molecule is CC(=O)/C(C)=C(/C)O.CC(=O)/C(C)=C(/C)O.[C-]#[N+]c1cncc2nc(-c3[c-]ccc4c3oc3c(-c5ccc6c(C#N)cncc6n5)[c-]ccc34)ccc12.[Pt].[Pt]. The monoisotopic (exact) mass is 1090 g/mol. The maximum Gasteiger partial charge on any atom is 0.214 e. The molecule has 11 nitrogen and oxygen atoms in total. The molecule has 0 bridgehead atoms. The van der Waals surface area contributed by atoms with Gasteiger partial charge in [-0.1, -0.05) is 46.2 Å². The quantitative estimate of drug-likeness (QED) is 0.0984. The fraction of sp³-hybridized carbons (Fsp3) is 0.143. The first kappa shape index (κ1) is 43.5. The summed E-state index contributed by atoms with van der Waals surface area (Å²) >= 11 is 0. The minimum absolute atomic E-state index is 0. The second-order valence-corrected chi connectivity index (χ2v) is 11.9. The van der Waals surface area contributed by atoms with Gasteiger partial charge in [0, 0.05) is 93.8 Å². The Morgan fingerprint density at radius 2 is 1.15 bits per heavy atom. The van der Waals surface area contributed by atoms with Gasteiger partial charge in [-0.25, -0.2) is 4.85 Å². The van der Waals surface area contributed by atoms with Crippen LogP contribution in [0.2, 0.25) is 0 Å². The number of allylic oxidation sites excluding steroid dienone is 4. The molecule has 5 heterocycles. The third-order valence-electron chi connectivity index (χ3n) is 8.50. The molecule has 0 atom stereocenters. The van der Waals surface area contributed by atoms with E-state index >= 15 is 0 Å². The number of aromatic nitrogens is 4. The van der Waals surface area contributed by atoms with Gasteiger partial charge in [0.05, 0.1) is 40.9 Å². The Hall–Kier alpha value is -5.86. The third kappa shape index (κ3) is 9.45. The van der Waals surface area contributed by atoms with Crippen molar-refractivity contribution in [2.75, 3.05) is 0 Å². The first-order chi connectivity index (χ1) is 25.4. The molecular weight excluding hydrogens is 1060 g/mol. The molecule has 0 aliphatic heterocycles. The summed E-state index contributed by atoms with van der Waals surface area (Å²) in [4.78, 5) is 42.1. The molecule has 0 aliphatic carbocycles. The number of carbonyl (C=O) groups excluding carboxylic acids is 2. The number of fused-ring (bicyclic) bond motifs is 5. The number of benzene rings is 2. The van der Waals surface area contributed by atoms with E-state index in [9.17, 15) is 14.9 Å². The minimum Gasteiger partial charge on any atom is -0.545 e. The van der Waals surface area contributed by atoms with Crippen LogP contribution in [0.3, 0.4) is 0 Å². The molecule has 2 N–H and O–H groups in total. The molecule has 5 aromatic heterocycles. The number of nitrogens with zero attached hydrogens (tertiary/aromatic N) is 6. The Morgan fingerprint density at radius 3 is 1.56 bits per heavy atom. The molecule has 7 rings (SSSR count). The van der Waals surface area contributed by atoms with Crippen molar-refractivity contribution in [2.24, 2.45) is 0 Å². The molecule has 2 aromatic carbocycles. The van der Waals surface area contributed by atoms with Crippen LogP contribution >= 0.6 is 0 Å². The summed E-state index contributed by atoms with van der Waals surface area (Å²) in [5, 5.41) is 30.0. The summed E-state index contributed by atoms with van der Waals surface area (Å²) in [7, 11) is 0. The number of hydrogen-bond acceptors (Lipinski definition) is 10. The van der Waals surface area contributed by atoms with Gasteiger partial charge in [0.25, 0.3) is 0 Å². The maximum atomic E-state index is 10.4. The topological polar surface area (TPSA) is 167 Å². The van der Waals surface area contributed by atoms with Crippen LogP contribution < -0.4 is 0 Å². The summed E-state index contributed by atoms with van der Waals surface area (Å²) in [6.45, 7) is 16.4. The summed E-state index contributed by atoms with van der Waals surface area (Å²) in [5.41, 5.74) is 7.12. The average molecular weight is 1090 g/mol. The first-order valence-electron chi connectivity index (χ1n) is 16.2. The molecule has 0 saturated heterocycles. The van der Waals surface area contributed by atoms with E-state index in [-0.39, 0.29) is 65.2 Å². The number of aliphatic hydroxyl groups excluding tert-OH is 2. The maximum absolute atomic E-state index is 10.4. The zero-order valence-electron chi connectivity index (χ0n) is 30.4. The van der Waals surface area contributed by atoms with Crippen LogP contribution in [0.15, 0.2) is 100 Å². The number of furan rings is 1. The predicted octanol–water partition coefficient (Wildman–Crippen LogP) is 9.68. The van der Waals surface area contributed by atoms with Gasteiger partial charge in [-0.15, -0.1) is 36.4 Å². The minimum atomic E-state index is -0.0787. The summed E-state index contributed by atoms with van der Waals surface area (Å²) in [6.07, 6.45) is 6.37. The number of pyridine rings is 4. The standard InChI is InChI=1S/C30H12N6O.2C6H10O2.2Pt/c1-32-26-14-34-16-28-21(26)9-11-25(36-28)23-7-3-5-20-19-4-2-6-22(29(19)37-30(20)23)24-10-8-18-17(12-31)13-33-15-27(18)35-24;2*1-4(5(2)7)6(3)8;;/h2-5,8-11,13-16H;2*7H,1-3H3;;/q-2;;;;/b;2*5-4-;;. The third-order valence-corrected chi connectivity index (χ3v) is 8.50. The van der Waals surface area contributed by atoms with Crippen molar-refractivity contribution in [2.45, 2.75) is 41.5 Å². The van der Waals surface area contributed by atoms with Gasteiger partial charge in [-0.05, 0) is 52.9 Å². The summed E-state index contributed by atoms with van der Waals surface area (Å²) in [6, 6.07) is 23.8. The molecule has 0 radical (unpaired) electrons. The van der Waals surface area contributed by atoms with Crippen molar-refractivity contribution in [3.63, 3.8) is 0 Å². The second-order valence-electron chi connectivity index (χ2n) is 11.9. The predicted molar refractivity (Wildman–Crippen MR) is 203 cm³/mol. The molecular formula is C42H32N6O5Pt2-2. The number of hydrogen-bond donors (Lipinski definition) is 2. The van der Waals surface area contributed by atoms with Crippen LogP contribution in [0.25, 0.3) is 71.1 Å². The van der Waals surface area contributed by atoms with Gasteiger partial charge in [-0.2, -0.15) is 5.26 Å². The van der Waals surface area contributed by atoms with Crippen molar-refractivity contribution in [1.82, 2.24) is 19.9 Å². The van der Waals surface area contributed by atoms with E-state index in [2.05, 4.69) is 33.0 Å². The summed E-state index contributed by atoms with van der Waals surface area (Å²) in [5.74, 6) is 0.0602. The van der Waals surface area contributed by atoms with Gasteiger partial charge in [0.15, 0.2) is 11.6 Å². The Bertz CT molecular complexity index is 2550. The molecule has 0 fully saturated rings. The van der Waals surface area contributed by atoms with Gasteiger partial charge < -0.3 is 14.6 Å². The number of Topliss-reactive ketones (excluding diaryl/α,β-unsaturated/α-hetero) is 2. The zero-order valence-corrected chi connectivity index (χ0v) is 34.9. The Kier molecular flexibility index (Phi) is 15.0. The molecule has 0 spiro atoms. The van der Waals surface area contributed by atoms with Crippen molar-refractivity contribution in [1.29, 1.82) is 5.26 Å². The van der Waals surface area contributed by atoms with Crippen LogP contribution in [-0.4, -0.2) is 41.7 Å². The smallest absolute Gasteiger partial charge is 0.214 e. The van der Waals surface area contributed by atoms with E-state index < -0.39 is 0 Å². The van der Waals surface area contributed by atoms with E-state index in [1.54, 1.807) is 32.4 Å². The summed E-state index contributed by atoms with van der Waals surface area (Å²) < 4.78 is 6.46. The van der Waals surface area contributed by atoms with Crippen molar-refractivity contribution >= 4 is 61.0 Å². The number of aliphatic hydroxyl groups is 2. The van der Waals surface area contributed by atoms with E-state index in [1.165, 1.54) is 33.9 Å². The molecule has 7 aromatic rings. The molecule has 55 heavy (non-hydrogen) atoms. The van der Waals surface area contributed by atoms with Gasteiger partial charge in [-0.3, -0.25) is 29.5 Å². The van der Waals surface area contributed by atoms with Crippen LogP contribution in [0.1, 0.15) is 47.1 Å². The van der Waals surface area contributed by atoms with Gasteiger partial charge >= 0.3 is 0 Å². The first-order valence-corrected chi connectivity index (χ1v) is 16.2. The van der Waals surface area contributed by atoms with E-state index in [0.717, 1.165) is 21.5 Å². The second kappa shape index (κ2) is 18.9. The Balaban J connectivity index is 0.000000383.